The Labute approximate surface area is 171 Å². The highest BCUT2D eigenvalue weighted by Gasteiger charge is 2.16. The molecule has 0 aliphatic heterocycles. The third-order valence-electron chi connectivity index (χ3n) is 4.08. The number of hydrogen-bond acceptors (Lipinski definition) is 5. The number of benzene rings is 1. The molecule has 0 saturated carbocycles. The van der Waals surface area contributed by atoms with Crippen molar-refractivity contribution < 1.29 is 4.52 Å². The Morgan fingerprint density at radius 2 is 1.93 bits per heavy atom. The molecule has 0 spiro atoms. The Bertz CT molecular complexity index is 1150. The average molecular weight is 410 g/mol. The van der Waals surface area contributed by atoms with E-state index in [9.17, 15) is 0 Å². The van der Waals surface area contributed by atoms with Gasteiger partial charge in [0.15, 0.2) is 11.5 Å². The second-order valence-corrected chi connectivity index (χ2v) is 6.75. The zero-order chi connectivity index (χ0) is 19.5. The molecule has 0 bridgehead atoms. The maximum atomic E-state index is 6.29. The second-order valence-electron chi connectivity index (χ2n) is 5.94. The lowest BCUT2D eigenvalue weighted by Gasteiger charge is -2.15. The molecule has 0 amide bonds. The first-order valence-corrected chi connectivity index (χ1v) is 9.10. The Hall–Kier alpha value is -3.14. The van der Waals surface area contributed by atoms with Gasteiger partial charge in [-0.3, -0.25) is 9.67 Å². The van der Waals surface area contributed by atoms with E-state index in [0.717, 1.165) is 11.1 Å². The van der Waals surface area contributed by atoms with Crippen molar-refractivity contribution in [3.05, 3.63) is 82.1 Å². The largest absolute Gasteiger partial charge is 0.353 e. The predicted molar refractivity (Wildman–Crippen MR) is 106 cm³/mol. The maximum absolute atomic E-state index is 6.29. The van der Waals surface area contributed by atoms with Crippen LogP contribution >= 0.6 is 23.2 Å². The van der Waals surface area contributed by atoms with Crippen molar-refractivity contribution in [3.8, 4) is 23.3 Å². The van der Waals surface area contributed by atoms with Crippen LogP contribution in [-0.4, -0.2) is 24.9 Å². The molecule has 0 radical (unpaired) electrons. The molecule has 138 valence electrons. The summed E-state index contributed by atoms with van der Waals surface area (Å²) in [6.45, 7) is 1.97. The fourth-order valence-corrected chi connectivity index (χ4v) is 3.39. The van der Waals surface area contributed by atoms with E-state index in [0.29, 0.717) is 27.2 Å². The molecule has 3 aromatic heterocycles. The number of hydrogen-bond donors (Lipinski definition) is 0. The molecule has 0 aliphatic rings. The normalized spacial score (nSPS) is 11.7. The summed E-state index contributed by atoms with van der Waals surface area (Å²) >= 11 is 12.6. The second kappa shape index (κ2) is 7.85. The topological polar surface area (TPSA) is 69.6 Å². The summed E-state index contributed by atoms with van der Waals surface area (Å²) in [6.07, 6.45) is 8.29. The molecule has 1 unspecified atom stereocenters. The van der Waals surface area contributed by atoms with Crippen LogP contribution in [0.1, 0.15) is 29.8 Å². The number of halogens is 2. The van der Waals surface area contributed by atoms with Crippen molar-refractivity contribution in [2.24, 2.45) is 0 Å². The van der Waals surface area contributed by atoms with Crippen molar-refractivity contribution in [3.63, 3.8) is 0 Å². The van der Waals surface area contributed by atoms with Crippen LogP contribution in [0.3, 0.4) is 0 Å². The fraction of sp³-hybridized carbons (Fsp3) is 0.100. The van der Waals surface area contributed by atoms with Crippen LogP contribution in [0.15, 0.2) is 59.8 Å². The summed E-state index contributed by atoms with van der Waals surface area (Å²) in [6, 6.07) is 7.01. The molecular weight excluding hydrogens is 397 g/mol. The maximum Gasteiger partial charge on any atom is 0.188 e. The highest BCUT2D eigenvalue weighted by atomic mass is 35.5. The third-order valence-corrected chi connectivity index (χ3v) is 4.74. The molecule has 6 nitrogen and oxygen atoms in total. The van der Waals surface area contributed by atoms with E-state index in [2.05, 4.69) is 32.1 Å². The lowest BCUT2D eigenvalue weighted by Crippen LogP contribution is -2.08. The summed E-state index contributed by atoms with van der Waals surface area (Å²) in [5.74, 6) is 6.49. The highest BCUT2D eigenvalue weighted by Crippen LogP contribution is 2.32. The summed E-state index contributed by atoms with van der Waals surface area (Å²) in [5, 5.41) is 9.52. The smallest absolute Gasteiger partial charge is 0.188 e. The highest BCUT2D eigenvalue weighted by molar-refractivity contribution is 6.36. The zero-order valence-corrected chi connectivity index (χ0v) is 16.2. The number of nitrogens with zero attached hydrogens (tertiary/aromatic N) is 5. The van der Waals surface area contributed by atoms with Crippen molar-refractivity contribution in [2.75, 3.05) is 0 Å². The van der Waals surface area contributed by atoms with Gasteiger partial charge in [0, 0.05) is 40.3 Å². The molecular formula is C20H13Cl2N5O. The van der Waals surface area contributed by atoms with E-state index in [1.807, 2.05) is 31.3 Å². The summed E-state index contributed by atoms with van der Waals surface area (Å²) < 4.78 is 7.03. The SMILES string of the molecule is CC(c1c(Cl)cccc1Cl)n1cc(C#Cc2cc(-c3cnccn3)on2)cn1. The molecule has 4 rings (SSSR count). The molecule has 4 aromatic rings. The van der Waals surface area contributed by atoms with Crippen molar-refractivity contribution in [1.82, 2.24) is 24.9 Å². The van der Waals surface area contributed by atoms with Crippen LogP contribution in [-0.2, 0) is 0 Å². The molecule has 1 atom stereocenters. The molecule has 0 aliphatic carbocycles. The van der Waals surface area contributed by atoms with Crippen LogP contribution in [0.4, 0.5) is 0 Å². The van der Waals surface area contributed by atoms with E-state index >= 15 is 0 Å². The number of aromatic nitrogens is 5. The molecule has 0 N–H and O–H groups in total. The van der Waals surface area contributed by atoms with Gasteiger partial charge in [-0.05, 0) is 25.0 Å². The van der Waals surface area contributed by atoms with Gasteiger partial charge in [0.1, 0.15) is 5.69 Å². The van der Waals surface area contributed by atoms with Gasteiger partial charge in [0.25, 0.3) is 0 Å². The van der Waals surface area contributed by atoms with Gasteiger partial charge in [0.2, 0.25) is 0 Å². The van der Waals surface area contributed by atoms with Crippen molar-refractivity contribution >= 4 is 23.2 Å². The minimum absolute atomic E-state index is 0.132. The lowest BCUT2D eigenvalue weighted by atomic mass is 10.1. The van der Waals surface area contributed by atoms with Gasteiger partial charge in [-0.1, -0.05) is 40.3 Å². The van der Waals surface area contributed by atoms with E-state index < -0.39 is 0 Å². The molecule has 0 fully saturated rings. The van der Waals surface area contributed by atoms with Gasteiger partial charge in [-0.2, -0.15) is 5.10 Å². The predicted octanol–water partition coefficient (Wildman–Crippen LogP) is 4.64. The Balaban J connectivity index is 1.54. The van der Waals surface area contributed by atoms with Crippen molar-refractivity contribution in [2.45, 2.75) is 13.0 Å². The molecule has 3 heterocycles. The Kier molecular flexibility index (Phi) is 5.11. The monoisotopic (exact) mass is 409 g/mol. The average Bonchev–Trinajstić information content (AvgIpc) is 3.36. The zero-order valence-electron chi connectivity index (χ0n) is 14.7. The first kappa shape index (κ1) is 18.2. The summed E-state index contributed by atoms with van der Waals surface area (Å²) in [7, 11) is 0. The van der Waals surface area contributed by atoms with Gasteiger partial charge in [-0.25, -0.2) is 4.98 Å². The Morgan fingerprint density at radius 3 is 2.68 bits per heavy atom. The Morgan fingerprint density at radius 1 is 1.11 bits per heavy atom. The van der Waals surface area contributed by atoms with E-state index in [-0.39, 0.29) is 6.04 Å². The van der Waals surface area contributed by atoms with Crippen LogP contribution < -0.4 is 0 Å². The lowest BCUT2D eigenvalue weighted by molar-refractivity contribution is 0.429. The van der Waals surface area contributed by atoms with Gasteiger partial charge >= 0.3 is 0 Å². The van der Waals surface area contributed by atoms with Gasteiger partial charge in [0.05, 0.1) is 24.0 Å². The van der Waals surface area contributed by atoms with Crippen LogP contribution in [0, 0.1) is 11.8 Å². The quantitative estimate of drug-likeness (QED) is 0.460. The van der Waals surface area contributed by atoms with E-state index in [4.69, 9.17) is 27.7 Å². The third kappa shape index (κ3) is 3.77. The van der Waals surface area contributed by atoms with Crippen LogP contribution in [0.2, 0.25) is 10.0 Å². The minimum atomic E-state index is -0.132. The first-order valence-electron chi connectivity index (χ1n) is 8.35. The van der Waals surface area contributed by atoms with Gasteiger partial charge < -0.3 is 4.52 Å². The molecule has 0 saturated heterocycles. The van der Waals surface area contributed by atoms with Crippen molar-refractivity contribution in [1.29, 1.82) is 0 Å². The standard InChI is InChI=1S/C20H13Cl2N5O/c1-13(20-16(21)3-2-4-17(20)22)27-12-14(10-25-27)5-6-15-9-19(28-26-15)18-11-23-7-8-24-18/h2-4,7-13H,1H3. The molecule has 8 heteroatoms. The summed E-state index contributed by atoms with van der Waals surface area (Å²) in [4.78, 5) is 8.17. The summed E-state index contributed by atoms with van der Waals surface area (Å²) in [5.41, 5.74) is 2.65. The molecule has 28 heavy (non-hydrogen) atoms. The van der Waals surface area contributed by atoms with Gasteiger partial charge in [-0.15, -0.1) is 0 Å². The van der Waals surface area contributed by atoms with E-state index in [1.165, 1.54) is 0 Å². The van der Waals surface area contributed by atoms with Crippen LogP contribution in [0.25, 0.3) is 11.5 Å². The minimum Gasteiger partial charge on any atom is -0.353 e. The first-order chi connectivity index (χ1) is 13.6. The number of rotatable bonds is 3. The molecule has 1 aromatic carbocycles. The van der Waals surface area contributed by atoms with Crippen LogP contribution in [0.5, 0.6) is 0 Å². The van der Waals surface area contributed by atoms with E-state index in [1.54, 1.807) is 35.5 Å². The fourth-order valence-electron chi connectivity index (χ4n) is 2.67.